The Balaban J connectivity index is 1.79. The van der Waals surface area contributed by atoms with Gasteiger partial charge in [0.05, 0.1) is 0 Å². The minimum Gasteiger partial charge on any atom is -0.350 e. The minimum atomic E-state index is -1.20. The van der Waals surface area contributed by atoms with Gasteiger partial charge in [0.15, 0.2) is 6.04 Å². The summed E-state index contributed by atoms with van der Waals surface area (Å²) in [5.74, 6) is -1.21. The predicted octanol–water partition coefficient (Wildman–Crippen LogP) is 1.00. The Bertz CT molecular complexity index is 810. The summed E-state index contributed by atoms with van der Waals surface area (Å²) in [6.07, 6.45) is 3.70. The lowest BCUT2D eigenvalue weighted by Gasteiger charge is -2.37. The maximum Gasteiger partial charge on any atom is 0.253 e. The molecular formula is C20H22N4O3. The standard InChI is InChI=1S/C20H22N4O3/c1-2-16-20(27)24(13-15-8-10-21-11-9-15)17(19(26)23-16)18(25)22-12-14-6-4-3-5-7-14/h3-11,16-17H,2,12-13H2,1H3,(H,22,25)(H,23,26)/t16-,17?/m0/s1. The molecule has 1 saturated heterocycles. The fourth-order valence-corrected chi connectivity index (χ4v) is 3.05. The Morgan fingerprint density at radius 2 is 1.81 bits per heavy atom. The largest absolute Gasteiger partial charge is 0.350 e. The van der Waals surface area contributed by atoms with Crippen LogP contribution in [-0.2, 0) is 27.5 Å². The molecule has 3 amide bonds. The summed E-state index contributed by atoms with van der Waals surface area (Å²) in [5.41, 5.74) is 1.73. The number of amides is 3. The first kappa shape index (κ1) is 18.6. The molecule has 3 rings (SSSR count). The van der Waals surface area contributed by atoms with Gasteiger partial charge < -0.3 is 15.5 Å². The van der Waals surface area contributed by atoms with E-state index in [9.17, 15) is 14.4 Å². The van der Waals surface area contributed by atoms with E-state index >= 15 is 0 Å². The molecule has 2 atom stereocenters. The molecule has 0 radical (unpaired) electrons. The van der Waals surface area contributed by atoms with Gasteiger partial charge in [-0.1, -0.05) is 37.3 Å². The van der Waals surface area contributed by atoms with E-state index in [4.69, 9.17) is 0 Å². The zero-order valence-corrected chi connectivity index (χ0v) is 15.1. The highest BCUT2D eigenvalue weighted by Gasteiger charge is 2.43. The number of hydrogen-bond donors (Lipinski definition) is 2. The number of nitrogens with one attached hydrogen (secondary N) is 2. The van der Waals surface area contributed by atoms with E-state index < -0.39 is 23.9 Å². The normalized spacial score (nSPS) is 19.5. The molecule has 140 valence electrons. The average Bonchev–Trinajstić information content (AvgIpc) is 2.70. The summed E-state index contributed by atoms with van der Waals surface area (Å²) in [5, 5.41) is 5.42. The Kier molecular flexibility index (Phi) is 5.80. The van der Waals surface area contributed by atoms with E-state index in [0.29, 0.717) is 6.42 Å². The van der Waals surface area contributed by atoms with Gasteiger partial charge >= 0.3 is 0 Å². The van der Waals surface area contributed by atoms with Crippen molar-refractivity contribution >= 4 is 17.7 Å². The van der Waals surface area contributed by atoms with Crippen LogP contribution in [0.25, 0.3) is 0 Å². The summed E-state index contributed by atoms with van der Waals surface area (Å²) in [7, 11) is 0. The van der Waals surface area contributed by atoms with Crippen LogP contribution in [0.5, 0.6) is 0 Å². The van der Waals surface area contributed by atoms with E-state index in [2.05, 4.69) is 15.6 Å². The number of benzene rings is 1. The highest BCUT2D eigenvalue weighted by molar-refractivity contribution is 6.10. The fraction of sp³-hybridized carbons (Fsp3) is 0.300. The topological polar surface area (TPSA) is 91.4 Å². The van der Waals surface area contributed by atoms with Crippen LogP contribution in [-0.4, -0.2) is 39.7 Å². The first-order chi connectivity index (χ1) is 13.1. The second-order valence-corrected chi connectivity index (χ2v) is 6.40. The minimum absolute atomic E-state index is 0.175. The molecule has 2 aromatic rings. The van der Waals surface area contributed by atoms with Gasteiger partial charge in [-0.05, 0) is 29.7 Å². The Hall–Kier alpha value is -3.22. The van der Waals surface area contributed by atoms with E-state index in [1.165, 1.54) is 4.90 Å². The summed E-state index contributed by atoms with van der Waals surface area (Å²) < 4.78 is 0. The molecule has 1 aliphatic heterocycles. The highest BCUT2D eigenvalue weighted by atomic mass is 16.2. The number of rotatable bonds is 6. The number of carbonyl (C=O) groups is 3. The second-order valence-electron chi connectivity index (χ2n) is 6.40. The van der Waals surface area contributed by atoms with Crippen LogP contribution in [0.2, 0.25) is 0 Å². The molecule has 0 aliphatic carbocycles. The Morgan fingerprint density at radius 3 is 2.48 bits per heavy atom. The SMILES string of the molecule is CC[C@@H]1NC(=O)C(C(=O)NCc2ccccc2)N(Cc2ccncc2)C1=O. The lowest BCUT2D eigenvalue weighted by Crippen LogP contribution is -2.66. The molecule has 0 bridgehead atoms. The van der Waals surface area contributed by atoms with Gasteiger partial charge in [0.2, 0.25) is 5.91 Å². The quantitative estimate of drug-likeness (QED) is 0.747. The smallest absolute Gasteiger partial charge is 0.253 e. The van der Waals surface area contributed by atoms with Crippen LogP contribution in [0.3, 0.4) is 0 Å². The third-order valence-corrected chi connectivity index (χ3v) is 4.53. The molecule has 2 N–H and O–H groups in total. The van der Waals surface area contributed by atoms with Crippen molar-refractivity contribution in [2.45, 2.75) is 38.5 Å². The monoisotopic (exact) mass is 366 g/mol. The van der Waals surface area contributed by atoms with E-state index in [1.54, 1.807) is 24.5 Å². The molecule has 1 fully saturated rings. The van der Waals surface area contributed by atoms with Gasteiger partial charge in [-0.25, -0.2) is 0 Å². The number of carbonyl (C=O) groups excluding carboxylic acids is 3. The molecule has 7 heteroatoms. The van der Waals surface area contributed by atoms with E-state index in [1.807, 2.05) is 37.3 Å². The van der Waals surface area contributed by atoms with Crippen molar-refractivity contribution in [1.29, 1.82) is 0 Å². The van der Waals surface area contributed by atoms with Gasteiger partial charge in [0.25, 0.3) is 11.8 Å². The molecule has 0 saturated carbocycles. The van der Waals surface area contributed by atoms with Crippen molar-refractivity contribution in [3.63, 3.8) is 0 Å². The van der Waals surface area contributed by atoms with Crippen molar-refractivity contribution in [3.8, 4) is 0 Å². The van der Waals surface area contributed by atoms with Crippen LogP contribution >= 0.6 is 0 Å². The Morgan fingerprint density at radius 1 is 1.11 bits per heavy atom. The number of hydrogen-bond acceptors (Lipinski definition) is 4. The average molecular weight is 366 g/mol. The van der Waals surface area contributed by atoms with Gasteiger partial charge in [-0.2, -0.15) is 0 Å². The van der Waals surface area contributed by atoms with Crippen LogP contribution in [0, 0.1) is 0 Å². The zero-order valence-electron chi connectivity index (χ0n) is 15.1. The van der Waals surface area contributed by atoms with Crippen LogP contribution in [0.4, 0.5) is 0 Å². The highest BCUT2D eigenvalue weighted by Crippen LogP contribution is 2.16. The second kappa shape index (κ2) is 8.44. The van der Waals surface area contributed by atoms with Crippen molar-refractivity contribution in [1.82, 2.24) is 20.5 Å². The third kappa shape index (κ3) is 4.31. The predicted molar refractivity (Wildman–Crippen MR) is 99.1 cm³/mol. The molecule has 2 heterocycles. The molecule has 1 unspecified atom stereocenters. The number of pyridine rings is 1. The van der Waals surface area contributed by atoms with Gasteiger partial charge in [-0.15, -0.1) is 0 Å². The van der Waals surface area contributed by atoms with Crippen LogP contribution in [0.15, 0.2) is 54.9 Å². The number of piperazine rings is 1. The molecule has 0 spiro atoms. The zero-order chi connectivity index (χ0) is 19.2. The number of aromatic nitrogens is 1. The summed E-state index contributed by atoms with van der Waals surface area (Å²) in [4.78, 5) is 43.4. The first-order valence-electron chi connectivity index (χ1n) is 8.91. The molecule has 27 heavy (non-hydrogen) atoms. The molecule has 1 aliphatic rings. The van der Waals surface area contributed by atoms with E-state index in [0.717, 1.165) is 11.1 Å². The lowest BCUT2D eigenvalue weighted by atomic mass is 10.0. The summed E-state index contributed by atoms with van der Waals surface area (Å²) >= 11 is 0. The molecule has 1 aromatic carbocycles. The van der Waals surface area contributed by atoms with Crippen LogP contribution in [0.1, 0.15) is 24.5 Å². The Labute approximate surface area is 157 Å². The first-order valence-corrected chi connectivity index (χ1v) is 8.91. The molecule has 7 nitrogen and oxygen atoms in total. The van der Waals surface area contributed by atoms with Crippen molar-refractivity contribution < 1.29 is 14.4 Å². The van der Waals surface area contributed by atoms with E-state index in [-0.39, 0.29) is 19.0 Å². The summed E-state index contributed by atoms with van der Waals surface area (Å²) in [6.45, 7) is 2.29. The lowest BCUT2D eigenvalue weighted by molar-refractivity contribution is -0.155. The van der Waals surface area contributed by atoms with Crippen molar-refractivity contribution in [2.24, 2.45) is 0 Å². The maximum atomic E-state index is 12.8. The molecule has 1 aromatic heterocycles. The van der Waals surface area contributed by atoms with Crippen molar-refractivity contribution in [3.05, 3.63) is 66.0 Å². The van der Waals surface area contributed by atoms with Gasteiger partial charge in [0, 0.05) is 25.5 Å². The van der Waals surface area contributed by atoms with Gasteiger partial charge in [-0.3, -0.25) is 19.4 Å². The summed E-state index contributed by atoms with van der Waals surface area (Å²) in [6, 6.07) is 11.1. The van der Waals surface area contributed by atoms with Gasteiger partial charge in [0.1, 0.15) is 6.04 Å². The maximum absolute atomic E-state index is 12.8. The van der Waals surface area contributed by atoms with Crippen molar-refractivity contribution in [2.75, 3.05) is 0 Å². The fourth-order valence-electron chi connectivity index (χ4n) is 3.05. The number of nitrogens with zero attached hydrogens (tertiary/aromatic N) is 2. The van der Waals surface area contributed by atoms with Crippen LogP contribution < -0.4 is 10.6 Å². The molecular weight excluding hydrogens is 344 g/mol. The third-order valence-electron chi connectivity index (χ3n) is 4.53.